The van der Waals surface area contributed by atoms with Crippen LogP contribution in [0.2, 0.25) is 0 Å². The minimum absolute atomic E-state index is 0.0159. The van der Waals surface area contributed by atoms with E-state index >= 15 is 0 Å². The van der Waals surface area contributed by atoms with Crippen molar-refractivity contribution in [1.29, 1.82) is 0 Å². The van der Waals surface area contributed by atoms with Gasteiger partial charge in [-0.3, -0.25) is 4.79 Å². The quantitative estimate of drug-likeness (QED) is 0.728. The van der Waals surface area contributed by atoms with Crippen LogP contribution in [-0.2, 0) is 4.74 Å². The highest BCUT2D eigenvalue weighted by atomic mass is 32.2. The number of carbonyl (C=O) groups excluding carboxylic acids is 2. The highest BCUT2D eigenvalue weighted by molar-refractivity contribution is 7.99. The van der Waals surface area contributed by atoms with Gasteiger partial charge in [-0.15, -0.1) is 0 Å². The van der Waals surface area contributed by atoms with Crippen LogP contribution in [0.15, 0.2) is 42.5 Å². The summed E-state index contributed by atoms with van der Waals surface area (Å²) in [7, 11) is 4.56. The first-order valence-corrected chi connectivity index (χ1v) is 10.5. The van der Waals surface area contributed by atoms with Crippen molar-refractivity contribution in [2.24, 2.45) is 0 Å². The van der Waals surface area contributed by atoms with Gasteiger partial charge < -0.3 is 19.5 Å². The molecule has 1 aliphatic rings. The molecule has 0 spiro atoms. The lowest BCUT2D eigenvalue weighted by molar-refractivity contribution is 0.0600. The van der Waals surface area contributed by atoms with E-state index in [0.29, 0.717) is 22.6 Å². The first-order valence-electron chi connectivity index (χ1n) is 9.36. The number of ether oxygens (including phenoxy) is 3. The van der Waals surface area contributed by atoms with Crippen LogP contribution < -0.4 is 14.8 Å². The Balaban J connectivity index is 1.76. The smallest absolute Gasteiger partial charge is 0.337 e. The molecule has 1 N–H and O–H groups in total. The molecule has 6 nitrogen and oxygen atoms in total. The van der Waals surface area contributed by atoms with E-state index in [4.69, 9.17) is 14.2 Å². The van der Waals surface area contributed by atoms with Crippen LogP contribution in [0.5, 0.6) is 11.5 Å². The molecule has 1 fully saturated rings. The average Bonchev–Trinajstić information content (AvgIpc) is 2.78. The van der Waals surface area contributed by atoms with Crippen molar-refractivity contribution in [3.05, 3.63) is 59.2 Å². The Morgan fingerprint density at radius 1 is 0.966 bits per heavy atom. The maximum absolute atomic E-state index is 12.8. The number of rotatable bonds is 6. The zero-order valence-electron chi connectivity index (χ0n) is 16.8. The molecular weight excluding hydrogens is 390 g/mol. The van der Waals surface area contributed by atoms with E-state index in [1.54, 1.807) is 38.5 Å². The topological polar surface area (TPSA) is 73.9 Å². The lowest BCUT2D eigenvalue weighted by atomic mass is 9.90. The van der Waals surface area contributed by atoms with Gasteiger partial charge >= 0.3 is 5.97 Å². The molecule has 0 bridgehead atoms. The zero-order chi connectivity index (χ0) is 20.8. The summed E-state index contributed by atoms with van der Waals surface area (Å²) >= 11 is 1.88. The Bertz CT molecular complexity index is 868. The summed E-state index contributed by atoms with van der Waals surface area (Å²) < 4.78 is 15.5. The van der Waals surface area contributed by atoms with Gasteiger partial charge in [0, 0.05) is 23.3 Å². The van der Waals surface area contributed by atoms with E-state index in [1.165, 1.54) is 7.11 Å². The van der Waals surface area contributed by atoms with Crippen molar-refractivity contribution in [2.45, 2.75) is 18.4 Å². The summed E-state index contributed by atoms with van der Waals surface area (Å²) in [6.07, 6.45) is 0.885. The Labute approximate surface area is 174 Å². The summed E-state index contributed by atoms with van der Waals surface area (Å²) in [4.78, 5) is 24.4. The molecule has 0 unspecified atom stereocenters. The third-order valence-electron chi connectivity index (χ3n) is 5.08. The summed E-state index contributed by atoms with van der Waals surface area (Å²) in [6, 6.07) is 12.4. The largest absolute Gasteiger partial charge is 0.493 e. The van der Waals surface area contributed by atoms with Crippen molar-refractivity contribution in [3.63, 3.8) is 0 Å². The monoisotopic (exact) mass is 415 g/mol. The average molecular weight is 416 g/mol. The van der Waals surface area contributed by atoms with Crippen LogP contribution in [0.4, 0.5) is 0 Å². The molecule has 1 saturated heterocycles. The van der Waals surface area contributed by atoms with Crippen LogP contribution in [-0.4, -0.2) is 50.8 Å². The molecule has 2 aromatic rings. The number of amides is 1. The van der Waals surface area contributed by atoms with E-state index in [2.05, 4.69) is 5.32 Å². The zero-order valence-corrected chi connectivity index (χ0v) is 17.6. The number of thioether (sulfide) groups is 1. The molecule has 0 aromatic heterocycles. The fourth-order valence-corrected chi connectivity index (χ4v) is 4.72. The highest BCUT2D eigenvalue weighted by Crippen LogP contribution is 2.36. The predicted molar refractivity (Wildman–Crippen MR) is 113 cm³/mol. The Hall–Kier alpha value is -2.67. The predicted octanol–water partition coefficient (Wildman–Crippen LogP) is 3.51. The number of benzene rings is 2. The number of carbonyl (C=O) groups is 2. The summed E-state index contributed by atoms with van der Waals surface area (Å²) in [5, 5.41) is 3.17. The Morgan fingerprint density at radius 3 is 2.31 bits per heavy atom. The molecule has 2 atom stereocenters. The van der Waals surface area contributed by atoms with Crippen molar-refractivity contribution in [2.75, 3.05) is 32.8 Å². The maximum atomic E-state index is 12.8. The molecule has 154 valence electrons. The van der Waals surface area contributed by atoms with Crippen LogP contribution in [0.1, 0.15) is 38.6 Å². The molecule has 2 aromatic carbocycles. The van der Waals surface area contributed by atoms with E-state index in [0.717, 1.165) is 23.5 Å². The van der Waals surface area contributed by atoms with E-state index in [1.807, 2.05) is 30.0 Å². The second-order valence-corrected chi connectivity index (χ2v) is 7.88. The second kappa shape index (κ2) is 9.69. The molecule has 1 heterocycles. The third kappa shape index (κ3) is 4.85. The lowest BCUT2D eigenvalue weighted by Crippen LogP contribution is -2.42. The van der Waals surface area contributed by atoms with E-state index in [-0.39, 0.29) is 17.9 Å². The summed E-state index contributed by atoms with van der Waals surface area (Å²) in [5.74, 6) is 2.89. The van der Waals surface area contributed by atoms with Crippen LogP contribution in [0.3, 0.4) is 0 Å². The number of hydrogen-bond donors (Lipinski definition) is 1. The van der Waals surface area contributed by atoms with E-state index < -0.39 is 5.97 Å². The molecular formula is C22H25NO5S. The molecule has 1 aliphatic heterocycles. The van der Waals surface area contributed by atoms with Gasteiger partial charge in [0.15, 0.2) is 11.5 Å². The third-order valence-corrected chi connectivity index (χ3v) is 6.20. The van der Waals surface area contributed by atoms with Crippen LogP contribution >= 0.6 is 11.8 Å². The minimum atomic E-state index is -0.421. The SMILES string of the molecule is COC(=O)c1ccc(C(=O)N[C@@H]2CCSC[C@@H]2c2ccc(OC)c(OC)c2)cc1. The molecule has 3 rings (SSSR count). The first-order chi connectivity index (χ1) is 14.1. The van der Waals surface area contributed by atoms with Gasteiger partial charge in [0.25, 0.3) is 5.91 Å². The number of esters is 1. The van der Waals surface area contributed by atoms with Crippen molar-refractivity contribution in [1.82, 2.24) is 5.32 Å². The van der Waals surface area contributed by atoms with Crippen LogP contribution in [0.25, 0.3) is 0 Å². The number of nitrogens with one attached hydrogen (secondary N) is 1. The van der Waals surface area contributed by atoms with Gasteiger partial charge in [-0.25, -0.2) is 4.79 Å². The van der Waals surface area contributed by atoms with Gasteiger partial charge in [-0.1, -0.05) is 6.07 Å². The second-order valence-electron chi connectivity index (χ2n) is 6.73. The lowest BCUT2D eigenvalue weighted by Gasteiger charge is -2.32. The van der Waals surface area contributed by atoms with Gasteiger partial charge in [-0.05, 0) is 54.1 Å². The van der Waals surface area contributed by atoms with E-state index in [9.17, 15) is 9.59 Å². The highest BCUT2D eigenvalue weighted by Gasteiger charge is 2.29. The summed E-state index contributed by atoms with van der Waals surface area (Å²) in [5.41, 5.74) is 2.05. The normalized spacial score (nSPS) is 18.6. The fourth-order valence-electron chi connectivity index (χ4n) is 3.45. The molecule has 7 heteroatoms. The molecule has 0 aliphatic carbocycles. The number of hydrogen-bond acceptors (Lipinski definition) is 6. The first kappa shape index (κ1) is 21.0. The maximum Gasteiger partial charge on any atom is 0.337 e. The summed E-state index contributed by atoms with van der Waals surface area (Å²) in [6.45, 7) is 0. The van der Waals surface area contributed by atoms with Gasteiger partial charge in [0.2, 0.25) is 0 Å². The van der Waals surface area contributed by atoms with Crippen molar-refractivity contribution < 1.29 is 23.8 Å². The molecule has 0 saturated carbocycles. The van der Waals surface area contributed by atoms with Crippen LogP contribution in [0, 0.1) is 0 Å². The number of methoxy groups -OCH3 is 3. The standard InChI is InChI=1S/C22H25NO5S/c1-26-19-9-8-16(12-20(19)27-2)17-13-29-11-10-18(17)23-21(24)14-4-6-15(7-5-14)22(25)28-3/h4-9,12,17-18H,10-11,13H2,1-3H3,(H,23,24)/t17-,18-/m1/s1. The Morgan fingerprint density at radius 2 is 1.66 bits per heavy atom. The van der Waals surface area contributed by atoms with Crippen molar-refractivity contribution in [3.8, 4) is 11.5 Å². The molecule has 29 heavy (non-hydrogen) atoms. The molecule has 1 amide bonds. The Kier molecular flexibility index (Phi) is 7.04. The van der Waals surface area contributed by atoms with Gasteiger partial charge in [0.05, 0.1) is 26.9 Å². The van der Waals surface area contributed by atoms with Gasteiger partial charge in [0.1, 0.15) is 0 Å². The minimum Gasteiger partial charge on any atom is -0.493 e. The van der Waals surface area contributed by atoms with Crippen molar-refractivity contribution >= 4 is 23.6 Å². The fraction of sp³-hybridized carbons (Fsp3) is 0.364. The van der Waals surface area contributed by atoms with Gasteiger partial charge in [-0.2, -0.15) is 11.8 Å². The molecule has 0 radical (unpaired) electrons.